The lowest BCUT2D eigenvalue weighted by atomic mass is 9.94. The summed E-state index contributed by atoms with van der Waals surface area (Å²) in [5.74, 6) is -2.34. The van der Waals surface area contributed by atoms with Crippen LogP contribution in [0.15, 0.2) is 126 Å². The maximum Gasteiger partial charge on any atom is 0.407 e. The van der Waals surface area contributed by atoms with Crippen molar-refractivity contribution in [1.29, 1.82) is 0 Å². The molecule has 4 aromatic rings. The standard InChI is InChI=1S/C43H45ClN4O12/c1-27-33(46-43(52)56-26-31-20-12-5-13-21-31)35(34(47-48-45)40(50)57-27)59-42-39(54-24-29-16-8-3-9-17-29)37(58-32(49)22-44)36(53-23-28-14-6-2-7-15-28)38(60-42)41(51)55-25-30-18-10-4-11-19-30/h2-21,27,33-40,42,50H,22-26H2,1H3,(H,46,52)/t27-,33+,34-,35+,36-,37+,38+,39-,40-,42+/m1/s1. The first-order valence-corrected chi connectivity index (χ1v) is 19.7. The summed E-state index contributed by atoms with van der Waals surface area (Å²) in [6.07, 6.45) is -12.5. The number of nitrogens with one attached hydrogen (secondary N) is 1. The van der Waals surface area contributed by atoms with Crippen LogP contribution in [0.2, 0.25) is 0 Å². The van der Waals surface area contributed by atoms with Gasteiger partial charge in [-0.25, -0.2) is 9.59 Å². The molecule has 0 spiro atoms. The van der Waals surface area contributed by atoms with Gasteiger partial charge in [0.2, 0.25) is 0 Å². The van der Waals surface area contributed by atoms with Crippen LogP contribution in [0.1, 0.15) is 29.2 Å². The van der Waals surface area contributed by atoms with E-state index >= 15 is 0 Å². The van der Waals surface area contributed by atoms with Crippen molar-refractivity contribution in [3.05, 3.63) is 154 Å². The molecule has 60 heavy (non-hydrogen) atoms. The Hall–Kier alpha value is -5.55. The molecule has 2 heterocycles. The lowest BCUT2D eigenvalue weighted by Crippen LogP contribution is -2.67. The van der Waals surface area contributed by atoms with E-state index in [0.717, 1.165) is 11.1 Å². The highest BCUT2D eigenvalue weighted by Crippen LogP contribution is 2.35. The molecule has 0 radical (unpaired) electrons. The van der Waals surface area contributed by atoms with Crippen molar-refractivity contribution < 1.29 is 57.4 Å². The lowest BCUT2D eigenvalue weighted by molar-refractivity contribution is -0.336. The Morgan fingerprint density at radius 1 is 0.717 bits per heavy atom. The first-order chi connectivity index (χ1) is 29.2. The number of alkyl carbamates (subject to hydrolysis) is 1. The van der Waals surface area contributed by atoms with Crippen molar-refractivity contribution in [2.75, 3.05) is 5.88 Å². The number of nitrogens with zero attached hydrogens (tertiary/aromatic N) is 3. The zero-order valence-corrected chi connectivity index (χ0v) is 33.3. The van der Waals surface area contributed by atoms with Crippen LogP contribution in [0.3, 0.4) is 0 Å². The van der Waals surface area contributed by atoms with Gasteiger partial charge in [0.25, 0.3) is 0 Å². The normalized spacial score (nSPS) is 26.2. The van der Waals surface area contributed by atoms with Gasteiger partial charge >= 0.3 is 18.0 Å². The van der Waals surface area contributed by atoms with Crippen LogP contribution in [-0.2, 0) is 73.9 Å². The minimum atomic E-state index is -1.72. The van der Waals surface area contributed by atoms with Gasteiger partial charge in [-0.15, -0.1) is 11.6 Å². The number of ether oxygens (including phenoxy) is 8. The number of amides is 1. The minimum Gasteiger partial charge on any atom is -0.459 e. The molecule has 1 amide bonds. The van der Waals surface area contributed by atoms with Crippen LogP contribution in [0, 0.1) is 0 Å². The molecule has 316 valence electrons. The number of azide groups is 1. The van der Waals surface area contributed by atoms with E-state index in [1.807, 2.05) is 72.8 Å². The molecule has 2 fully saturated rings. The van der Waals surface area contributed by atoms with E-state index in [0.29, 0.717) is 11.1 Å². The predicted octanol–water partition coefficient (Wildman–Crippen LogP) is 5.87. The van der Waals surface area contributed by atoms with Crippen LogP contribution in [0.5, 0.6) is 0 Å². The van der Waals surface area contributed by atoms with Gasteiger partial charge in [0.15, 0.2) is 24.8 Å². The summed E-state index contributed by atoms with van der Waals surface area (Å²) >= 11 is 5.99. The Bertz CT molecular complexity index is 2020. The Morgan fingerprint density at radius 2 is 1.22 bits per heavy atom. The summed E-state index contributed by atoms with van der Waals surface area (Å²) in [5, 5.41) is 17.5. The van der Waals surface area contributed by atoms with Gasteiger partial charge in [-0.05, 0) is 34.7 Å². The molecule has 0 bridgehead atoms. The number of aliphatic hydroxyl groups is 1. The van der Waals surface area contributed by atoms with E-state index in [1.54, 1.807) is 55.5 Å². The Morgan fingerprint density at radius 3 is 1.73 bits per heavy atom. The van der Waals surface area contributed by atoms with Crippen LogP contribution in [0.4, 0.5) is 4.79 Å². The zero-order chi connectivity index (χ0) is 42.3. The number of hydrogen-bond donors (Lipinski definition) is 2. The molecule has 0 unspecified atom stereocenters. The molecule has 2 aliphatic heterocycles. The number of rotatable bonds is 17. The summed E-state index contributed by atoms with van der Waals surface area (Å²) in [6.45, 7) is 1.22. The predicted molar refractivity (Wildman–Crippen MR) is 213 cm³/mol. The molecule has 10 atom stereocenters. The maximum absolute atomic E-state index is 14.2. The Labute approximate surface area is 351 Å². The van der Waals surface area contributed by atoms with Crippen molar-refractivity contribution in [1.82, 2.24) is 5.32 Å². The van der Waals surface area contributed by atoms with Crippen molar-refractivity contribution in [3.8, 4) is 0 Å². The first kappa shape index (κ1) is 44.0. The van der Waals surface area contributed by atoms with E-state index in [-0.39, 0.29) is 26.4 Å². The third-order valence-electron chi connectivity index (χ3n) is 9.71. The molecule has 2 aliphatic rings. The van der Waals surface area contributed by atoms with E-state index in [1.165, 1.54) is 0 Å². The van der Waals surface area contributed by atoms with Gasteiger partial charge in [-0.2, -0.15) is 0 Å². The Balaban J connectivity index is 1.37. The molecule has 6 rings (SSSR count). The number of alkyl halides is 1. The zero-order valence-electron chi connectivity index (χ0n) is 32.5. The molecule has 0 aromatic heterocycles. The lowest BCUT2D eigenvalue weighted by Gasteiger charge is -2.48. The molecule has 0 aliphatic carbocycles. The summed E-state index contributed by atoms with van der Waals surface area (Å²) in [4.78, 5) is 43.5. The van der Waals surface area contributed by atoms with Crippen LogP contribution in [0.25, 0.3) is 10.4 Å². The fraction of sp³-hybridized carbons (Fsp3) is 0.372. The van der Waals surface area contributed by atoms with Crippen LogP contribution in [-0.4, -0.2) is 90.3 Å². The molecule has 2 saturated heterocycles. The molecule has 16 nitrogen and oxygen atoms in total. The van der Waals surface area contributed by atoms with Gasteiger partial charge < -0.3 is 48.3 Å². The average Bonchev–Trinajstić information content (AvgIpc) is 3.27. The highest BCUT2D eigenvalue weighted by Gasteiger charge is 2.56. The molecule has 2 N–H and O–H groups in total. The SMILES string of the molecule is C[C@H]1O[C@@H](O)[C@H](N=[N+]=[N-])[C@@H](O[C@H]2O[C@H](C(=O)OCc3ccccc3)[C@H](OCc3ccccc3)[C@H](OC(=O)CCl)[C@H]2OCc2ccccc2)[C@H]1NC(=O)OCc1ccccc1. The largest absolute Gasteiger partial charge is 0.459 e. The number of benzene rings is 4. The highest BCUT2D eigenvalue weighted by atomic mass is 35.5. The van der Waals surface area contributed by atoms with Gasteiger partial charge in [0, 0.05) is 4.91 Å². The summed E-state index contributed by atoms with van der Waals surface area (Å²) < 4.78 is 48.8. The van der Waals surface area contributed by atoms with Crippen molar-refractivity contribution in [2.24, 2.45) is 5.11 Å². The number of aliphatic hydroxyl groups excluding tert-OH is 1. The van der Waals surface area contributed by atoms with Crippen molar-refractivity contribution in [2.45, 2.75) is 94.6 Å². The van der Waals surface area contributed by atoms with Crippen molar-refractivity contribution >= 4 is 29.6 Å². The van der Waals surface area contributed by atoms with Gasteiger partial charge in [0.05, 0.1) is 31.5 Å². The second kappa shape index (κ2) is 22.2. The number of carbonyl (C=O) groups excluding carboxylic acids is 3. The fourth-order valence-corrected chi connectivity index (χ4v) is 6.82. The van der Waals surface area contributed by atoms with E-state index in [9.17, 15) is 25.0 Å². The van der Waals surface area contributed by atoms with Crippen LogP contribution < -0.4 is 5.32 Å². The average molecular weight is 845 g/mol. The smallest absolute Gasteiger partial charge is 0.407 e. The quantitative estimate of drug-likeness (QED) is 0.0320. The van der Waals surface area contributed by atoms with E-state index in [2.05, 4.69) is 15.3 Å². The number of esters is 2. The monoisotopic (exact) mass is 844 g/mol. The highest BCUT2D eigenvalue weighted by molar-refractivity contribution is 6.26. The fourth-order valence-electron chi connectivity index (χ4n) is 6.76. The maximum atomic E-state index is 14.2. The van der Waals surface area contributed by atoms with E-state index in [4.69, 9.17) is 49.5 Å². The third kappa shape index (κ3) is 12.0. The molecular weight excluding hydrogens is 800 g/mol. The second-order valence-corrected chi connectivity index (χ2v) is 14.2. The summed E-state index contributed by atoms with van der Waals surface area (Å²) in [6, 6.07) is 33.4. The third-order valence-corrected chi connectivity index (χ3v) is 9.93. The Kier molecular flexibility index (Phi) is 16.3. The number of halogens is 1. The van der Waals surface area contributed by atoms with Crippen LogP contribution >= 0.6 is 11.6 Å². The molecule has 0 saturated carbocycles. The van der Waals surface area contributed by atoms with Gasteiger partial charge in [0.1, 0.15) is 37.3 Å². The van der Waals surface area contributed by atoms with Gasteiger partial charge in [-0.3, -0.25) is 4.79 Å². The summed E-state index contributed by atoms with van der Waals surface area (Å²) in [5.41, 5.74) is 12.5. The minimum absolute atomic E-state index is 0.0527. The summed E-state index contributed by atoms with van der Waals surface area (Å²) in [7, 11) is 0. The van der Waals surface area contributed by atoms with Crippen molar-refractivity contribution in [3.63, 3.8) is 0 Å². The van der Waals surface area contributed by atoms with E-state index < -0.39 is 85.2 Å². The first-order valence-electron chi connectivity index (χ1n) is 19.2. The topological polar surface area (TPSA) is 206 Å². The van der Waals surface area contributed by atoms with Gasteiger partial charge in [-0.1, -0.05) is 126 Å². The molecule has 17 heteroatoms. The molecule has 4 aromatic carbocycles. The number of hydrogen-bond acceptors (Lipinski definition) is 13. The second-order valence-electron chi connectivity index (χ2n) is 13.9. The number of carbonyl (C=O) groups is 3. The molecular formula is C43H45ClN4O12.